The second kappa shape index (κ2) is 8.15. The minimum atomic E-state index is -0.245. The first-order valence-corrected chi connectivity index (χ1v) is 9.24. The molecule has 2 saturated heterocycles. The number of halogens is 1. The Bertz CT molecular complexity index is 579. The van der Waals surface area contributed by atoms with Crippen molar-refractivity contribution >= 4 is 6.03 Å². The Morgan fingerprint density at radius 2 is 2.00 bits per heavy atom. The van der Waals surface area contributed by atoms with E-state index in [0.29, 0.717) is 6.42 Å². The largest absolute Gasteiger partial charge is 0.396 e. The van der Waals surface area contributed by atoms with Crippen molar-refractivity contribution in [1.29, 1.82) is 0 Å². The Morgan fingerprint density at radius 3 is 2.72 bits per heavy atom. The Morgan fingerprint density at radius 1 is 1.24 bits per heavy atom. The van der Waals surface area contributed by atoms with Crippen LogP contribution in [0.2, 0.25) is 0 Å². The molecule has 1 aromatic rings. The number of aliphatic hydroxyl groups excluding tert-OH is 1. The summed E-state index contributed by atoms with van der Waals surface area (Å²) in [4.78, 5) is 16.9. The molecule has 3 unspecified atom stereocenters. The van der Waals surface area contributed by atoms with Crippen LogP contribution in [0.1, 0.15) is 43.7 Å². The van der Waals surface area contributed by atoms with Gasteiger partial charge in [0.25, 0.3) is 0 Å². The van der Waals surface area contributed by atoms with E-state index in [1.165, 1.54) is 12.1 Å². The minimum absolute atomic E-state index is 0.0136. The average molecular weight is 349 g/mol. The van der Waals surface area contributed by atoms with Gasteiger partial charge in [-0.15, -0.1) is 0 Å². The number of hydrogen-bond donors (Lipinski definition) is 2. The molecule has 5 nitrogen and oxygen atoms in total. The zero-order chi connectivity index (χ0) is 17.8. The van der Waals surface area contributed by atoms with Crippen molar-refractivity contribution in [3.8, 4) is 0 Å². The molecule has 2 amide bonds. The van der Waals surface area contributed by atoms with Gasteiger partial charge in [0, 0.05) is 25.7 Å². The molecule has 3 atom stereocenters. The van der Waals surface area contributed by atoms with Gasteiger partial charge in [0.1, 0.15) is 5.82 Å². The van der Waals surface area contributed by atoms with E-state index in [2.05, 4.69) is 10.2 Å². The molecule has 0 aromatic heterocycles. The second-order valence-corrected chi connectivity index (χ2v) is 7.18. The van der Waals surface area contributed by atoms with Crippen LogP contribution in [0.3, 0.4) is 0 Å². The van der Waals surface area contributed by atoms with Crippen molar-refractivity contribution in [2.75, 3.05) is 26.7 Å². The molecule has 3 rings (SSSR count). The smallest absolute Gasteiger partial charge is 0.317 e. The fourth-order valence-electron chi connectivity index (χ4n) is 4.20. The molecule has 0 aliphatic carbocycles. The predicted molar refractivity (Wildman–Crippen MR) is 94.8 cm³/mol. The highest BCUT2D eigenvalue weighted by Gasteiger charge is 2.36. The fourth-order valence-corrected chi connectivity index (χ4v) is 4.20. The number of rotatable bonds is 4. The van der Waals surface area contributed by atoms with E-state index in [9.17, 15) is 14.3 Å². The highest BCUT2D eigenvalue weighted by Crippen LogP contribution is 2.31. The van der Waals surface area contributed by atoms with Gasteiger partial charge in [-0.1, -0.05) is 12.1 Å². The summed E-state index contributed by atoms with van der Waals surface area (Å²) in [7, 11) is 2.04. The third-order valence-electron chi connectivity index (χ3n) is 5.52. The number of nitrogens with one attached hydrogen (secondary N) is 1. The molecular weight excluding hydrogens is 321 g/mol. The van der Waals surface area contributed by atoms with Crippen LogP contribution in [0.25, 0.3) is 0 Å². The standard InChI is InChI=1S/C19H28FN3O2/c1-22-12-9-17(18(22)14-5-7-15(20)8-6-14)21-19(25)23-11-3-2-4-16(23)10-13-24/h5-8,16-18,24H,2-4,9-13H2,1H3,(H,21,25). The molecule has 1 aromatic carbocycles. The highest BCUT2D eigenvalue weighted by molar-refractivity contribution is 5.75. The molecule has 0 spiro atoms. The first-order valence-electron chi connectivity index (χ1n) is 9.24. The van der Waals surface area contributed by atoms with Gasteiger partial charge < -0.3 is 15.3 Å². The van der Waals surface area contributed by atoms with E-state index in [-0.39, 0.29) is 36.6 Å². The SMILES string of the molecule is CN1CCC(NC(=O)N2CCCCC2CCO)C1c1ccc(F)cc1. The Labute approximate surface area is 148 Å². The summed E-state index contributed by atoms with van der Waals surface area (Å²) in [6.07, 6.45) is 4.60. The number of amides is 2. The summed E-state index contributed by atoms with van der Waals surface area (Å²) in [6.45, 7) is 1.76. The molecule has 138 valence electrons. The number of likely N-dealkylation sites (tertiary alicyclic amines) is 2. The lowest BCUT2D eigenvalue weighted by Crippen LogP contribution is -2.52. The van der Waals surface area contributed by atoms with Crippen LogP contribution >= 0.6 is 0 Å². The van der Waals surface area contributed by atoms with Crippen LogP contribution in [-0.2, 0) is 0 Å². The van der Waals surface area contributed by atoms with Gasteiger partial charge in [-0.05, 0) is 56.8 Å². The third kappa shape index (κ3) is 4.12. The molecular formula is C19H28FN3O2. The zero-order valence-corrected chi connectivity index (χ0v) is 14.8. The molecule has 25 heavy (non-hydrogen) atoms. The summed E-state index contributed by atoms with van der Waals surface area (Å²) in [6, 6.07) is 6.72. The first kappa shape index (κ1) is 18.1. The minimum Gasteiger partial charge on any atom is -0.396 e. The number of nitrogens with zero attached hydrogens (tertiary/aromatic N) is 2. The van der Waals surface area contributed by atoms with E-state index < -0.39 is 0 Å². The summed E-state index contributed by atoms with van der Waals surface area (Å²) < 4.78 is 13.2. The molecule has 2 aliphatic rings. The fraction of sp³-hybridized carbons (Fsp3) is 0.632. The summed E-state index contributed by atoms with van der Waals surface area (Å²) in [5, 5.41) is 12.5. The summed E-state index contributed by atoms with van der Waals surface area (Å²) in [5.74, 6) is -0.245. The Hall–Kier alpha value is -1.66. The first-order chi connectivity index (χ1) is 12.1. The van der Waals surface area contributed by atoms with E-state index in [4.69, 9.17) is 0 Å². The lowest BCUT2D eigenvalue weighted by atomic mass is 9.99. The monoisotopic (exact) mass is 349 g/mol. The van der Waals surface area contributed by atoms with Gasteiger partial charge in [0.2, 0.25) is 0 Å². The quantitative estimate of drug-likeness (QED) is 0.878. The van der Waals surface area contributed by atoms with Crippen molar-refractivity contribution in [3.63, 3.8) is 0 Å². The van der Waals surface area contributed by atoms with E-state index >= 15 is 0 Å². The number of hydrogen-bond acceptors (Lipinski definition) is 3. The van der Waals surface area contributed by atoms with Gasteiger partial charge in [-0.2, -0.15) is 0 Å². The number of benzene rings is 1. The second-order valence-electron chi connectivity index (χ2n) is 7.18. The van der Waals surface area contributed by atoms with Crippen molar-refractivity contribution in [3.05, 3.63) is 35.6 Å². The zero-order valence-electron chi connectivity index (χ0n) is 14.8. The molecule has 2 fully saturated rings. The maximum atomic E-state index is 13.2. The highest BCUT2D eigenvalue weighted by atomic mass is 19.1. The van der Waals surface area contributed by atoms with Crippen LogP contribution in [0.5, 0.6) is 0 Å². The maximum absolute atomic E-state index is 13.2. The van der Waals surface area contributed by atoms with Crippen molar-refractivity contribution < 1.29 is 14.3 Å². The normalized spacial score (nSPS) is 27.5. The van der Waals surface area contributed by atoms with Crippen LogP contribution in [0.4, 0.5) is 9.18 Å². The Kier molecular flexibility index (Phi) is 5.91. The molecule has 0 saturated carbocycles. The molecule has 2 N–H and O–H groups in total. The van der Waals surface area contributed by atoms with Gasteiger partial charge in [0.05, 0.1) is 12.1 Å². The lowest BCUT2D eigenvalue weighted by Gasteiger charge is -2.37. The summed E-state index contributed by atoms with van der Waals surface area (Å²) in [5.41, 5.74) is 1.03. The molecule has 0 radical (unpaired) electrons. The van der Waals surface area contributed by atoms with Crippen molar-refractivity contribution in [1.82, 2.24) is 15.1 Å². The van der Waals surface area contributed by atoms with E-state index in [1.807, 2.05) is 11.9 Å². The van der Waals surface area contributed by atoms with E-state index in [0.717, 1.165) is 44.3 Å². The van der Waals surface area contributed by atoms with Gasteiger partial charge in [-0.3, -0.25) is 4.90 Å². The Balaban J connectivity index is 1.69. The van der Waals surface area contributed by atoms with Gasteiger partial charge >= 0.3 is 6.03 Å². The average Bonchev–Trinajstić information content (AvgIpc) is 2.97. The number of carbonyl (C=O) groups excluding carboxylic acids is 1. The van der Waals surface area contributed by atoms with Crippen molar-refractivity contribution in [2.45, 2.75) is 50.2 Å². The van der Waals surface area contributed by atoms with E-state index in [1.54, 1.807) is 12.1 Å². The number of aliphatic hydroxyl groups is 1. The summed E-state index contributed by atoms with van der Waals surface area (Å²) >= 11 is 0. The van der Waals surface area contributed by atoms with Gasteiger partial charge in [0.15, 0.2) is 0 Å². The number of carbonyl (C=O) groups is 1. The van der Waals surface area contributed by atoms with Crippen LogP contribution in [-0.4, -0.2) is 59.8 Å². The number of piperidine rings is 1. The molecule has 0 bridgehead atoms. The van der Waals surface area contributed by atoms with Crippen LogP contribution in [0, 0.1) is 5.82 Å². The number of urea groups is 1. The molecule has 6 heteroatoms. The topological polar surface area (TPSA) is 55.8 Å². The molecule has 2 heterocycles. The third-order valence-corrected chi connectivity index (χ3v) is 5.52. The van der Waals surface area contributed by atoms with Crippen molar-refractivity contribution in [2.24, 2.45) is 0 Å². The number of likely N-dealkylation sites (N-methyl/N-ethyl adjacent to an activating group) is 1. The van der Waals surface area contributed by atoms with Crippen LogP contribution < -0.4 is 5.32 Å². The predicted octanol–water partition coefficient (Wildman–Crippen LogP) is 2.52. The van der Waals surface area contributed by atoms with Crippen LogP contribution in [0.15, 0.2) is 24.3 Å². The maximum Gasteiger partial charge on any atom is 0.317 e. The molecule has 2 aliphatic heterocycles. The van der Waals surface area contributed by atoms with Gasteiger partial charge in [-0.25, -0.2) is 9.18 Å². The lowest BCUT2D eigenvalue weighted by molar-refractivity contribution is 0.128.